The van der Waals surface area contributed by atoms with Gasteiger partial charge in [-0.3, -0.25) is 0 Å². The van der Waals surface area contributed by atoms with Gasteiger partial charge in [0.05, 0.1) is 0 Å². The first-order valence-electron chi connectivity index (χ1n) is 15.2. The van der Waals surface area contributed by atoms with Gasteiger partial charge in [0.15, 0.2) is 0 Å². The molecule has 12 heteroatoms. The molecule has 2 aliphatic rings. The van der Waals surface area contributed by atoms with Crippen LogP contribution in [-0.2, 0) is 0 Å². The van der Waals surface area contributed by atoms with E-state index in [2.05, 4.69) is 33.4 Å². The van der Waals surface area contributed by atoms with Gasteiger partial charge in [0.25, 0.3) is 0 Å². The monoisotopic (exact) mass is 698 g/mol. The lowest BCUT2D eigenvalue weighted by Gasteiger charge is -2.38. The summed E-state index contributed by atoms with van der Waals surface area (Å²) in [4.78, 5) is 9.33. The van der Waals surface area contributed by atoms with Crippen molar-refractivity contribution in [1.82, 2.24) is 19.6 Å². The molecule has 0 saturated carbocycles. The maximum Gasteiger partial charge on any atom is 0.147 e. The summed E-state index contributed by atoms with van der Waals surface area (Å²) in [5, 5.41) is 0. The quantitative estimate of drug-likeness (QED) is 0.0977. The van der Waals surface area contributed by atoms with Crippen LogP contribution in [0, 0.1) is 0 Å². The Bertz CT molecular complexity index is 691. The fourth-order valence-electron chi connectivity index (χ4n) is 4.59. The molecule has 2 saturated heterocycles. The summed E-state index contributed by atoms with van der Waals surface area (Å²) in [6, 6.07) is 0. The van der Waals surface area contributed by atoms with Crippen molar-refractivity contribution < 1.29 is 0 Å². The number of piperazine rings is 2. The first-order chi connectivity index (χ1) is 19.5. The number of hydrogen-bond donors (Lipinski definition) is 0. The normalized spacial score (nSPS) is 15.9. The first kappa shape index (κ1) is 37.1. The van der Waals surface area contributed by atoms with Gasteiger partial charge in [-0.1, -0.05) is 150 Å². The van der Waals surface area contributed by atoms with Crippen molar-refractivity contribution >= 4 is 111 Å². The Kier molecular flexibility index (Phi) is 21.7. The Morgan fingerprint density at radius 2 is 0.700 bits per heavy atom. The van der Waals surface area contributed by atoms with Crippen LogP contribution in [0.15, 0.2) is 0 Å². The Labute approximate surface area is 283 Å². The van der Waals surface area contributed by atoms with Gasteiger partial charge in [0.2, 0.25) is 0 Å². The van der Waals surface area contributed by atoms with E-state index in [1.54, 1.807) is 21.6 Å². The number of hydrogen-bond acceptors (Lipinski definition) is 8. The van der Waals surface area contributed by atoms with Crippen LogP contribution in [0.4, 0.5) is 0 Å². The first-order valence-corrected chi connectivity index (χ1v) is 21.0. The lowest BCUT2D eigenvalue weighted by Crippen LogP contribution is -2.49. The lowest BCUT2D eigenvalue weighted by atomic mass is 10.1. The van der Waals surface area contributed by atoms with E-state index >= 15 is 0 Å². The van der Waals surface area contributed by atoms with E-state index in [4.69, 9.17) is 48.9 Å². The zero-order chi connectivity index (χ0) is 29.0. The highest BCUT2D eigenvalue weighted by Crippen LogP contribution is 2.30. The van der Waals surface area contributed by atoms with Crippen LogP contribution < -0.4 is 0 Å². The zero-order valence-electron chi connectivity index (χ0n) is 24.6. The number of unbranched alkanes of at least 4 members (excludes halogenated alkanes) is 10. The van der Waals surface area contributed by atoms with Gasteiger partial charge in [-0.25, -0.2) is 0 Å². The van der Waals surface area contributed by atoms with Crippen LogP contribution in [0.5, 0.6) is 0 Å². The van der Waals surface area contributed by atoms with Crippen LogP contribution in [0.1, 0.15) is 90.9 Å². The molecule has 2 rings (SSSR count). The highest BCUT2D eigenvalue weighted by Gasteiger charge is 2.24. The molecule has 0 bridgehead atoms. The van der Waals surface area contributed by atoms with E-state index in [1.165, 1.54) is 77.0 Å². The molecule has 2 fully saturated rings. The predicted molar refractivity (Wildman–Crippen MR) is 204 cm³/mol. The molecule has 0 spiro atoms. The maximum atomic E-state index is 5.77. The van der Waals surface area contributed by atoms with Crippen LogP contribution >= 0.6 is 94.0 Å². The molecule has 2 aliphatic heterocycles. The number of thiocarbonyl (C=S) groups is 4. The molecule has 0 aliphatic carbocycles. The van der Waals surface area contributed by atoms with E-state index < -0.39 is 0 Å². The molecule has 4 nitrogen and oxygen atoms in total. The van der Waals surface area contributed by atoms with Crippen LogP contribution in [0.3, 0.4) is 0 Å². The summed E-state index contributed by atoms with van der Waals surface area (Å²) in [5.74, 6) is 2.29. The largest absolute Gasteiger partial charge is 0.354 e. The van der Waals surface area contributed by atoms with E-state index in [-0.39, 0.29) is 0 Å². The van der Waals surface area contributed by atoms with Crippen molar-refractivity contribution in [3.8, 4) is 0 Å². The highest BCUT2D eigenvalue weighted by atomic mass is 33.1. The second-order valence-corrected chi connectivity index (χ2v) is 17.3. The van der Waals surface area contributed by atoms with Gasteiger partial charge in [-0.15, -0.1) is 0 Å². The average Bonchev–Trinajstić information content (AvgIpc) is 2.98. The van der Waals surface area contributed by atoms with E-state index in [0.29, 0.717) is 0 Å². The molecule has 40 heavy (non-hydrogen) atoms. The van der Waals surface area contributed by atoms with E-state index in [0.717, 1.165) is 81.1 Å². The molecule has 230 valence electrons. The molecular weight excluding hydrogens is 649 g/mol. The molecule has 0 radical (unpaired) electrons. The van der Waals surface area contributed by atoms with Gasteiger partial charge in [0, 0.05) is 63.9 Å². The summed E-state index contributed by atoms with van der Waals surface area (Å²) in [6.07, 6.45) is 16.0. The third kappa shape index (κ3) is 15.6. The summed E-state index contributed by atoms with van der Waals surface area (Å²) in [5.41, 5.74) is 0. The molecular formula is C28H50N4S8. The molecule has 0 aromatic heterocycles. The standard InChI is InChI=1S/C28H50N4S8/c1-3-5-7-9-11-13-23-37-25(33)29-15-19-31(20-16-29)27(35)39-40-28(36)32-21-17-30(18-22-32)26(34)38-24-14-12-10-8-6-4-2/h3-24H2,1-2H3. The average molecular weight is 699 g/mol. The molecule has 0 amide bonds. The second kappa shape index (κ2) is 23.4. The molecule has 0 atom stereocenters. The Morgan fingerprint density at radius 1 is 0.425 bits per heavy atom. The van der Waals surface area contributed by atoms with Gasteiger partial charge in [-0.05, 0) is 34.4 Å². The minimum absolute atomic E-state index is 0.934. The van der Waals surface area contributed by atoms with Gasteiger partial charge in [-0.2, -0.15) is 0 Å². The van der Waals surface area contributed by atoms with Crippen LogP contribution in [0.25, 0.3) is 0 Å². The molecule has 2 heterocycles. The smallest absolute Gasteiger partial charge is 0.147 e. The SMILES string of the molecule is CCCCCCCCSC(=S)N1CCN(C(=S)SSC(=S)N2CCN(C(=S)SCCCCCCCC)CC2)CC1. The lowest BCUT2D eigenvalue weighted by molar-refractivity contribution is 0.271. The number of thioether (sulfide) groups is 2. The van der Waals surface area contributed by atoms with Crippen LogP contribution in [0.2, 0.25) is 0 Å². The molecule has 0 aromatic rings. The summed E-state index contributed by atoms with van der Waals surface area (Å²) in [6.45, 7) is 12.1. The minimum atomic E-state index is 0.934. The van der Waals surface area contributed by atoms with Gasteiger partial charge < -0.3 is 19.6 Å². The Morgan fingerprint density at radius 3 is 1.02 bits per heavy atom. The minimum Gasteiger partial charge on any atom is -0.354 e. The van der Waals surface area contributed by atoms with Crippen molar-refractivity contribution in [3.05, 3.63) is 0 Å². The summed E-state index contributed by atoms with van der Waals surface area (Å²) in [7, 11) is 3.28. The number of rotatable bonds is 14. The summed E-state index contributed by atoms with van der Waals surface area (Å²) >= 11 is 26.7. The second-order valence-electron chi connectivity index (χ2n) is 10.4. The maximum absolute atomic E-state index is 5.77. The summed E-state index contributed by atoms with van der Waals surface area (Å²) < 4.78 is 3.98. The topological polar surface area (TPSA) is 13.0 Å². The fourth-order valence-corrected chi connectivity index (χ4v) is 9.98. The Hall–Kier alpha value is 0.960. The third-order valence-corrected chi connectivity index (χ3v) is 14.2. The van der Waals surface area contributed by atoms with Crippen molar-refractivity contribution in [2.45, 2.75) is 90.9 Å². The number of nitrogens with zero attached hydrogens (tertiary/aromatic N) is 4. The van der Waals surface area contributed by atoms with Crippen LogP contribution in [-0.4, -0.2) is 101 Å². The third-order valence-electron chi connectivity index (χ3n) is 7.22. The van der Waals surface area contributed by atoms with Crippen molar-refractivity contribution in [3.63, 3.8) is 0 Å². The molecule has 0 unspecified atom stereocenters. The van der Waals surface area contributed by atoms with Gasteiger partial charge in [0.1, 0.15) is 17.3 Å². The highest BCUT2D eigenvalue weighted by molar-refractivity contribution is 8.89. The molecule has 0 N–H and O–H groups in total. The zero-order valence-corrected chi connectivity index (χ0v) is 31.1. The van der Waals surface area contributed by atoms with E-state index in [9.17, 15) is 0 Å². The molecule has 0 aromatic carbocycles. The predicted octanol–water partition coefficient (Wildman–Crippen LogP) is 8.93. The fraction of sp³-hybridized carbons (Fsp3) is 0.857. The van der Waals surface area contributed by atoms with Crippen molar-refractivity contribution in [2.75, 3.05) is 63.9 Å². The van der Waals surface area contributed by atoms with Crippen molar-refractivity contribution in [2.24, 2.45) is 0 Å². The van der Waals surface area contributed by atoms with Gasteiger partial charge >= 0.3 is 0 Å². The van der Waals surface area contributed by atoms with E-state index in [1.807, 2.05) is 23.5 Å². The van der Waals surface area contributed by atoms with Crippen molar-refractivity contribution in [1.29, 1.82) is 0 Å². The Balaban J connectivity index is 1.53.